The molecule has 3 nitrogen and oxygen atoms in total. The average Bonchev–Trinajstić information content (AvgIpc) is 2.62. The van der Waals surface area contributed by atoms with Crippen LogP contribution in [-0.4, -0.2) is 9.97 Å². The SMILES string of the molecule is Cl.FC(F)(F)c1cccc(Cc2cc(Nc3cc(C(F)(F)F)ccc3Cl)ncn2)c1. The predicted molar refractivity (Wildman–Crippen MR) is 103 cm³/mol. The van der Waals surface area contributed by atoms with Gasteiger partial charge in [-0.1, -0.05) is 29.8 Å². The van der Waals surface area contributed by atoms with E-state index in [0.717, 1.165) is 36.7 Å². The smallest absolute Gasteiger partial charge is 0.339 e. The highest BCUT2D eigenvalue weighted by molar-refractivity contribution is 6.33. The van der Waals surface area contributed by atoms with Crippen molar-refractivity contribution >= 4 is 35.5 Å². The van der Waals surface area contributed by atoms with Crippen molar-refractivity contribution in [2.24, 2.45) is 0 Å². The normalized spacial score (nSPS) is 11.7. The molecule has 1 aromatic heterocycles. The van der Waals surface area contributed by atoms with Crippen LogP contribution in [-0.2, 0) is 18.8 Å². The molecule has 0 aliphatic rings. The van der Waals surface area contributed by atoms with E-state index < -0.39 is 23.5 Å². The van der Waals surface area contributed by atoms with Crippen molar-refractivity contribution in [3.8, 4) is 0 Å². The van der Waals surface area contributed by atoms with Gasteiger partial charge >= 0.3 is 12.4 Å². The number of anilines is 2. The number of halogens is 8. The summed E-state index contributed by atoms with van der Waals surface area (Å²) in [6.45, 7) is 0. The summed E-state index contributed by atoms with van der Waals surface area (Å²) < 4.78 is 77.2. The summed E-state index contributed by atoms with van der Waals surface area (Å²) in [5.41, 5.74) is -0.919. The van der Waals surface area contributed by atoms with Crippen LogP contribution in [0.15, 0.2) is 54.9 Å². The molecular formula is C19H13Cl2F6N3. The summed E-state index contributed by atoms with van der Waals surface area (Å²) in [4.78, 5) is 7.93. The van der Waals surface area contributed by atoms with Crippen LogP contribution in [0, 0.1) is 0 Å². The number of benzene rings is 2. The molecule has 1 N–H and O–H groups in total. The highest BCUT2D eigenvalue weighted by Gasteiger charge is 2.31. The molecule has 0 bridgehead atoms. The number of alkyl halides is 6. The Balaban J connectivity index is 0.00000320. The van der Waals surface area contributed by atoms with Crippen LogP contribution in [0.4, 0.5) is 37.8 Å². The molecule has 0 amide bonds. The Bertz CT molecular complexity index is 1020. The maximum Gasteiger partial charge on any atom is 0.416 e. The first kappa shape index (κ1) is 23.8. The first-order valence-corrected chi connectivity index (χ1v) is 8.51. The summed E-state index contributed by atoms with van der Waals surface area (Å²) in [5, 5.41) is 2.74. The second-order valence-corrected chi connectivity index (χ2v) is 6.49. The summed E-state index contributed by atoms with van der Waals surface area (Å²) >= 11 is 5.95. The van der Waals surface area contributed by atoms with E-state index in [1.165, 1.54) is 18.2 Å². The van der Waals surface area contributed by atoms with Gasteiger partial charge in [-0.15, -0.1) is 12.4 Å². The Kier molecular flexibility index (Phi) is 7.20. The van der Waals surface area contributed by atoms with Gasteiger partial charge in [0.2, 0.25) is 0 Å². The summed E-state index contributed by atoms with van der Waals surface area (Å²) in [6, 6.07) is 9.03. The van der Waals surface area contributed by atoms with Crippen LogP contribution in [0.1, 0.15) is 22.4 Å². The van der Waals surface area contributed by atoms with Crippen LogP contribution >= 0.6 is 24.0 Å². The van der Waals surface area contributed by atoms with E-state index in [1.807, 2.05) is 0 Å². The number of rotatable bonds is 4. The molecule has 0 aliphatic heterocycles. The van der Waals surface area contributed by atoms with E-state index in [2.05, 4.69) is 15.3 Å². The Morgan fingerprint density at radius 2 is 1.50 bits per heavy atom. The molecule has 160 valence electrons. The molecule has 0 fully saturated rings. The molecule has 0 atom stereocenters. The van der Waals surface area contributed by atoms with E-state index in [1.54, 1.807) is 0 Å². The topological polar surface area (TPSA) is 37.8 Å². The second kappa shape index (κ2) is 9.09. The lowest BCUT2D eigenvalue weighted by Crippen LogP contribution is -2.06. The van der Waals surface area contributed by atoms with Crippen LogP contribution < -0.4 is 5.32 Å². The van der Waals surface area contributed by atoms with Crippen molar-refractivity contribution < 1.29 is 26.3 Å². The third-order valence-electron chi connectivity index (χ3n) is 3.92. The lowest BCUT2D eigenvalue weighted by molar-refractivity contribution is -0.138. The van der Waals surface area contributed by atoms with Gasteiger partial charge in [0.1, 0.15) is 12.1 Å². The standard InChI is InChI=1S/C19H12ClF6N3.ClH/c20-15-5-4-13(19(24,25)26)8-16(15)29-17-9-14(27-10-28-17)7-11-2-1-3-12(6-11)18(21,22)23;/h1-6,8-10H,7H2,(H,27,28,29);1H. The molecule has 0 saturated carbocycles. The molecule has 0 radical (unpaired) electrons. The van der Waals surface area contributed by atoms with Gasteiger partial charge in [0.25, 0.3) is 0 Å². The van der Waals surface area contributed by atoms with Gasteiger partial charge in [-0.05, 0) is 29.8 Å². The molecule has 3 rings (SSSR count). The predicted octanol–water partition coefficient (Wildman–Crippen LogP) is 6.92. The van der Waals surface area contributed by atoms with Gasteiger partial charge in [0, 0.05) is 12.5 Å². The number of nitrogens with zero attached hydrogens (tertiary/aromatic N) is 2. The molecule has 0 spiro atoms. The molecule has 0 unspecified atom stereocenters. The van der Waals surface area contributed by atoms with E-state index in [9.17, 15) is 26.3 Å². The fourth-order valence-corrected chi connectivity index (χ4v) is 2.73. The van der Waals surface area contributed by atoms with Crippen molar-refractivity contribution in [3.05, 3.63) is 82.3 Å². The Morgan fingerprint density at radius 3 is 2.17 bits per heavy atom. The summed E-state index contributed by atoms with van der Waals surface area (Å²) in [7, 11) is 0. The molecule has 0 aliphatic carbocycles. The Morgan fingerprint density at radius 1 is 0.833 bits per heavy atom. The first-order chi connectivity index (χ1) is 13.5. The molecule has 0 saturated heterocycles. The maximum atomic E-state index is 12.9. The van der Waals surface area contributed by atoms with E-state index >= 15 is 0 Å². The monoisotopic (exact) mass is 467 g/mol. The molecule has 30 heavy (non-hydrogen) atoms. The third-order valence-corrected chi connectivity index (χ3v) is 4.25. The van der Waals surface area contributed by atoms with Gasteiger partial charge < -0.3 is 5.32 Å². The number of hydrogen-bond acceptors (Lipinski definition) is 3. The molecule has 2 aromatic carbocycles. The minimum Gasteiger partial charge on any atom is -0.339 e. The van der Waals surface area contributed by atoms with Crippen LogP contribution in [0.5, 0.6) is 0 Å². The Hall–Kier alpha value is -2.52. The van der Waals surface area contributed by atoms with E-state index in [0.29, 0.717) is 11.3 Å². The van der Waals surface area contributed by atoms with Crippen LogP contribution in [0.2, 0.25) is 5.02 Å². The molecular weight excluding hydrogens is 455 g/mol. The lowest BCUT2D eigenvalue weighted by atomic mass is 10.1. The second-order valence-electron chi connectivity index (χ2n) is 6.09. The first-order valence-electron chi connectivity index (χ1n) is 8.13. The molecule has 11 heteroatoms. The van der Waals surface area contributed by atoms with Gasteiger partial charge in [-0.3, -0.25) is 0 Å². The molecule has 3 aromatic rings. The van der Waals surface area contributed by atoms with Crippen molar-refractivity contribution in [1.29, 1.82) is 0 Å². The van der Waals surface area contributed by atoms with E-state index in [4.69, 9.17) is 11.6 Å². The largest absolute Gasteiger partial charge is 0.416 e. The van der Waals surface area contributed by atoms with Crippen molar-refractivity contribution in [2.75, 3.05) is 5.32 Å². The van der Waals surface area contributed by atoms with Gasteiger partial charge in [0.15, 0.2) is 0 Å². The highest BCUT2D eigenvalue weighted by Crippen LogP contribution is 2.35. The minimum absolute atomic E-state index is 0. The quantitative estimate of drug-likeness (QED) is 0.423. The van der Waals surface area contributed by atoms with Crippen molar-refractivity contribution in [3.63, 3.8) is 0 Å². The van der Waals surface area contributed by atoms with E-state index in [-0.39, 0.29) is 35.4 Å². The Labute approximate surface area is 178 Å². The van der Waals surface area contributed by atoms with Crippen LogP contribution in [0.3, 0.4) is 0 Å². The maximum absolute atomic E-state index is 12.9. The number of nitrogens with one attached hydrogen (secondary N) is 1. The number of aromatic nitrogens is 2. The zero-order chi connectivity index (χ0) is 21.2. The minimum atomic E-state index is -4.54. The van der Waals surface area contributed by atoms with Gasteiger partial charge in [0.05, 0.1) is 27.5 Å². The van der Waals surface area contributed by atoms with Gasteiger partial charge in [-0.2, -0.15) is 26.3 Å². The highest BCUT2D eigenvalue weighted by atomic mass is 35.5. The summed E-state index contributed by atoms with van der Waals surface area (Å²) in [6.07, 6.45) is -7.76. The zero-order valence-electron chi connectivity index (χ0n) is 14.9. The van der Waals surface area contributed by atoms with Crippen molar-refractivity contribution in [2.45, 2.75) is 18.8 Å². The number of hydrogen-bond donors (Lipinski definition) is 1. The van der Waals surface area contributed by atoms with Crippen molar-refractivity contribution in [1.82, 2.24) is 9.97 Å². The average molecular weight is 468 g/mol. The fourth-order valence-electron chi connectivity index (χ4n) is 2.56. The molecule has 1 heterocycles. The van der Waals surface area contributed by atoms with Gasteiger partial charge in [-0.25, -0.2) is 9.97 Å². The lowest BCUT2D eigenvalue weighted by Gasteiger charge is -2.12. The zero-order valence-corrected chi connectivity index (χ0v) is 16.4. The van der Waals surface area contributed by atoms with Crippen LogP contribution in [0.25, 0.3) is 0 Å². The third kappa shape index (κ3) is 5.99. The fraction of sp³-hybridized carbons (Fsp3) is 0.158. The summed E-state index contributed by atoms with van der Waals surface area (Å²) in [5.74, 6) is 0.156.